The zero-order chi connectivity index (χ0) is 12.9. The van der Waals surface area contributed by atoms with Gasteiger partial charge in [0.1, 0.15) is 10.7 Å². The summed E-state index contributed by atoms with van der Waals surface area (Å²) in [4.78, 5) is 3.77. The van der Waals surface area contributed by atoms with Gasteiger partial charge in [0.05, 0.1) is 0 Å². The quantitative estimate of drug-likeness (QED) is 0.768. The molecule has 0 aromatic carbocycles. The molecule has 2 N–H and O–H groups in total. The summed E-state index contributed by atoms with van der Waals surface area (Å²) in [5.74, 6) is -0.00868. The summed E-state index contributed by atoms with van der Waals surface area (Å²) in [6.45, 7) is 7.44. The molecule has 17 heavy (non-hydrogen) atoms. The summed E-state index contributed by atoms with van der Waals surface area (Å²) in [5.41, 5.74) is 5.57. The van der Waals surface area contributed by atoms with Crippen LogP contribution in [0, 0.1) is 0 Å². The molecule has 1 heterocycles. The van der Waals surface area contributed by atoms with E-state index in [1.165, 1.54) is 34.8 Å². The highest BCUT2D eigenvalue weighted by atomic mass is 32.2. The Labute approximate surface area is 101 Å². The second-order valence-corrected chi connectivity index (χ2v) is 5.19. The standard InChI is InChI=1S/C11H15N3O2S/c1-3-8-14(9-4-2)17(15,16)10-6-5-7-13-11(10)12/h3-7H,1-2,8-9H2,(H2,12,13). The number of hydrogen-bond donors (Lipinski definition) is 1. The van der Waals surface area contributed by atoms with Gasteiger partial charge >= 0.3 is 0 Å². The molecule has 0 aliphatic rings. The van der Waals surface area contributed by atoms with Gasteiger partial charge in [0.2, 0.25) is 10.0 Å². The molecule has 5 nitrogen and oxygen atoms in total. The van der Waals surface area contributed by atoms with Crippen molar-refractivity contribution in [2.45, 2.75) is 4.90 Å². The highest BCUT2D eigenvalue weighted by Crippen LogP contribution is 2.19. The van der Waals surface area contributed by atoms with Gasteiger partial charge in [0.15, 0.2) is 0 Å². The minimum atomic E-state index is -3.65. The van der Waals surface area contributed by atoms with Crippen LogP contribution >= 0.6 is 0 Å². The highest BCUT2D eigenvalue weighted by Gasteiger charge is 2.24. The van der Waals surface area contributed by atoms with Gasteiger partial charge in [0, 0.05) is 19.3 Å². The minimum absolute atomic E-state index is 0.00343. The first-order valence-corrected chi connectivity index (χ1v) is 6.40. The summed E-state index contributed by atoms with van der Waals surface area (Å²) in [6, 6.07) is 2.96. The molecule has 0 fully saturated rings. The SMILES string of the molecule is C=CCN(CC=C)S(=O)(=O)c1cccnc1N. The summed E-state index contributed by atoms with van der Waals surface area (Å²) in [7, 11) is -3.65. The Morgan fingerprint density at radius 2 is 1.94 bits per heavy atom. The molecule has 0 bridgehead atoms. The fraction of sp³-hybridized carbons (Fsp3) is 0.182. The van der Waals surface area contributed by atoms with E-state index in [1.807, 2.05) is 0 Å². The molecule has 1 rings (SSSR count). The van der Waals surface area contributed by atoms with E-state index >= 15 is 0 Å². The van der Waals surface area contributed by atoms with Crippen molar-refractivity contribution >= 4 is 15.8 Å². The zero-order valence-corrected chi connectivity index (χ0v) is 10.2. The predicted octanol–water partition coefficient (Wildman–Crippen LogP) is 1.03. The Morgan fingerprint density at radius 1 is 1.35 bits per heavy atom. The molecular formula is C11H15N3O2S. The average molecular weight is 253 g/mol. The Hall–Kier alpha value is -1.66. The lowest BCUT2D eigenvalue weighted by Gasteiger charge is -2.19. The van der Waals surface area contributed by atoms with Crippen molar-refractivity contribution in [2.24, 2.45) is 0 Å². The average Bonchev–Trinajstić information content (AvgIpc) is 2.29. The third-order valence-electron chi connectivity index (χ3n) is 2.08. The molecule has 0 aliphatic carbocycles. The fourth-order valence-corrected chi connectivity index (χ4v) is 2.77. The molecule has 0 spiro atoms. The second kappa shape index (κ2) is 5.60. The molecule has 1 aromatic rings. The minimum Gasteiger partial charge on any atom is -0.383 e. The van der Waals surface area contributed by atoms with Gasteiger partial charge in [-0.3, -0.25) is 0 Å². The number of nitrogen functional groups attached to an aromatic ring is 1. The monoisotopic (exact) mass is 253 g/mol. The number of nitrogens with two attached hydrogens (primary N) is 1. The molecule has 6 heteroatoms. The lowest BCUT2D eigenvalue weighted by Crippen LogP contribution is -2.32. The van der Waals surface area contributed by atoms with Crippen molar-refractivity contribution in [3.05, 3.63) is 43.6 Å². The molecule has 0 radical (unpaired) electrons. The van der Waals surface area contributed by atoms with Crippen LogP contribution in [0.4, 0.5) is 5.82 Å². The van der Waals surface area contributed by atoms with Crippen molar-refractivity contribution in [3.63, 3.8) is 0 Å². The number of hydrogen-bond acceptors (Lipinski definition) is 4. The Bertz CT molecular complexity index is 501. The Kier molecular flexibility index (Phi) is 4.42. The van der Waals surface area contributed by atoms with Crippen LogP contribution < -0.4 is 5.73 Å². The molecule has 0 saturated heterocycles. The number of nitrogens with zero attached hydrogens (tertiary/aromatic N) is 2. The Morgan fingerprint density at radius 3 is 2.41 bits per heavy atom. The lowest BCUT2D eigenvalue weighted by atomic mass is 10.5. The molecule has 0 aliphatic heterocycles. The topological polar surface area (TPSA) is 76.3 Å². The highest BCUT2D eigenvalue weighted by molar-refractivity contribution is 7.89. The molecule has 92 valence electrons. The van der Waals surface area contributed by atoms with Crippen LogP contribution in [0.1, 0.15) is 0 Å². The number of aromatic nitrogens is 1. The van der Waals surface area contributed by atoms with Crippen LogP contribution in [0.15, 0.2) is 48.5 Å². The van der Waals surface area contributed by atoms with Crippen molar-refractivity contribution in [3.8, 4) is 0 Å². The van der Waals surface area contributed by atoms with Crippen molar-refractivity contribution in [2.75, 3.05) is 18.8 Å². The molecule has 0 atom stereocenters. The third-order valence-corrected chi connectivity index (χ3v) is 3.96. The van der Waals surface area contributed by atoms with E-state index in [0.29, 0.717) is 0 Å². The second-order valence-electron chi connectivity index (χ2n) is 3.29. The van der Waals surface area contributed by atoms with E-state index in [2.05, 4.69) is 18.1 Å². The maximum atomic E-state index is 12.2. The number of sulfonamides is 1. The van der Waals surface area contributed by atoms with Crippen LogP contribution in [-0.2, 0) is 10.0 Å². The van der Waals surface area contributed by atoms with Gasteiger partial charge in [-0.25, -0.2) is 13.4 Å². The molecular weight excluding hydrogens is 238 g/mol. The molecule has 0 amide bonds. The third kappa shape index (κ3) is 2.92. The number of anilines is 1. The van der Waals surface area contributed by atoms with E-state index in [4.69, 9.17) is 5.73 Å². The van der Waals surface area contributed by atoms with E-state index in [1.54, 1.807) is 0 Å². The van der Waals surface area contributed by atoms with Crippen LogP contribution in [0.3, 0.4) is 0 Å². The predicted molar refractivity (Wildman–Crippen MR) is 67.8 cm³/mol. The number of pyridine rings is 1. The molecule has 0 saturated carbocycles. The maximum absolute atomic E-state index is 12.2. The first-order valence-electron chi connectivity index (χ1n) is 4.96. The summed E-state index contributed by atoms with van der Waals surface area (Å²) in [6.07, 6.45) is 4.46. The van der Waals surface area contributed by atoms with Gasteiger partial charge in [-0.15, -0.1) is 13.2 Å². The Balaban J connectivity index is 3.20. The van der Waals surface area contributed by atoms with Crippen LogP contribution in [0.25, 0.3) is 0 Å². The smallest absolute Gasteiger partial charge is 0.247 e. The first kappa shape index (κ1) is 13.4. The van der Waals surface area contributed by atoms with Crippen molar-refractivity contribution in [1.29, 1.82) is 0 Å². The van der Waals surface area contributed by atoms with Gasteiger partial charge in [-0.2, -0.15) is 4.31 Å². The largest absolute Gasteiger partial charge is 0.383 e. The van der Waals surface area contributed by atoms with Crippen LogP contribution in [0.2, 0.25) is 0 Å². The maximum Gasteiger partial charge on any atom is 0.247 e. The summed E-state index contributed by atoms with van der Waals surface area (Å²) < 4.78 is 25.7. The molecule has 0 unspecified atom stereocenters. The first-order chi connectivity index (χ1) is 8.04. The van der Waals surface area contributed by atoms with Crippen LogP contribution in [0.5, 0.6) is 0 Å². The van der Waals surface area contributed by atoms with Gasteiger partial charge < -0.3 is 5.73 Å². The van der Waals surface area contributed by atoms with Crippen LogP contribution in [-0.4, -0.2) is 30.8 Å². The van der Waals surface area contributed by atoms with E-state index in [9.17, 15) is 8.42 Å². The fourth-order valence-electron chi connectivity index (χ4n) is 1.32. The van der Waals surface area contributed by atoms with Gasteiger partial charge in [-0.05, 0) is 12.1 Å². The van der Waals surface area contributed by atoms with Crippen molar-refractivity contribution < 1.29 is 8.42 Å². The van der Waals surface area contributed by atoms with Gasteiger partial charge in [0.25, 0.3) is 0 Å². The normalized spacial score (nSPS) is 11.4. The van der Waals surface area contributed by atoms with E-state index in [-0.39, 0.29) is 23.8 Å². The number of rotatable bonds is 6. The zero-order valence-electron chi connectivity index (χ0n) is 9.41. The molecule has 1 aromatic heterocycles. The van der Waals surface area contributed by atoms with Gasteiger partial charge in [-0.1, -0.05) is 12.2 Å². The van der Waals surface area contributed by atoms with E-state index < -0.39 is 10.0 Å². The lowest BCUT2D eigenvalue weighted by molar-refractivity contribution is 0.474. The summed E-state index contributed by atoms with van der Waals surface area (Å²) in [5, 5.41) is 0. The van der Waals surface area contributed by atoms with Crippen molar-refractivity contribution in [1.82, 2.24) is 9.29 Å². The summed E-state index contributed by atoms with van der Waals surface area (Å²) >= 11 is 0. The van der Waals surface area contributed by atoms with E-state index in [0.717, 1.165) is 0 Å².